The summed E-state index contributed by atoms with van der Waals surface area (Å²) in [5.74, 6) is 0.548. The molecule has 0 saturated carbocycles. The zero-order valence-electron chi connectivity index (χ0n) is 12.4. The van der Waals surface area contributed by atoms with E-state index in [1.165, 1.54) is 6.20 Å². The van der Waals surface area contributed by atoms with Gasteiger partial charge in [0, 0.05) is 22.4 Å². The molecular formula is C14H15N3O3S3. The lowest BCUT2D eigenvalue weighted by Gasteiger charge is -2.02. The second kappa shape index (κ2) is 6.91. The van der Waals surface area contributed by atoms with Crippen LogP contribution in [0.15, 0.2) is 37.8 Å². The molecule has 3 aromatic heterocycles. The first kappa shape index (κ1) is 16.3. The Bertz CT molecular complexity index is 866. The molecule has 9 heteroatoms. The van der Waals surface area contributed by atoms with Crippen molar-refractivity contribution >= 4 is 32.7 Å². The number of thiophene rings is 1. The summed E-state index contributed by atoms with van der Waals surface area (Å²) in [5.41, 5.74) is 1.45. The highest BCUT2D eigenvalue weighted by Crippen LogP contribution is 2.28. The van der Waals surface area contributed by atoms with Gasteiger partial charge in [-0.05, 0) is 18.9 Å². The minimum Gasteiger partial charge on any atom is -0.356 e. The van der Waals surface area contributed by atoms with E-state index in [0.29, 0.717) is 11.3 Å². The van der Waals surface area contributed by atoms with Gasteiger partial charge in [-0.2, -0.15) is 0 Å². The van der Waals surface area contributed by atoms with E-state index in [1.54, 1.807) is 28.8 Å². The van der Waals surface area contributed by atoms with E-state index in [2.05, 4.69) is 21.8 Å². The largest absolute Gasteiger partial charge is 0.356 e. The fourth-order valence-electron chi connectivity index (χ4n) is 1.95. The van der Waals surface area contributed by atoms with Crippen molar-refractivity contribution < 1.29 is 12.9 Å². The lowest BCUT2D eigenvalue weighted by atomic mass is 10.3. The first-order valence-corrected chi connectivity index (χ1v) is 10.3. The van der Waals surface area contributed by atoms with Crippen molar-refractivity contribution in [3.05, 3.63) is 39.8 Å². The molecule has 0 unspecified atom stereocenters. The number of aromatic nitrogens is 2. The van der Waals surface area contributed by atoms with Crippen molar-refractivity contribution in [1.82, 2.24) is 14.9 Å². The van der Waals surface area contributed by atoms with Crippen LogP contribution in [0.25, 0.3) is 11.3 Å². The Hall–Kier alpha value is -1.55. The van der Waals surface area contributed by atoms with Gasteiger partial charge in [-0.25, -0.2) is 18.1 Å². The average molecular weight is 369 g/mol. The molecule has 0 aromatic carbocycles. The molecule has 3 aromatic rings. The molecule has 3 heterocycles. The third-order valence-corrected chi connectivity index (χ3v) is 6.87. The Balaban J connectivity index is 1.69. The maximum Gasteiger partial charge on any atom is 0.250 e. The minimum atomic E-state index is -3.56. The monoisotopic (exact) mass is 369 g/mol. The van der Waals surface area contributed by atoms with E-state index in [9.17, 15) is 8.42 Å². The Labute approximate surface area is 142 Å². The van der Waals surface area contributed by atoms with Crippen LogP contribution in [0, 0.1) is 0 Å². The zero-order valence-corrected chi connectivity index (χ0v) is 14.8. The first-order valence-electron chi connectivity index (χ1n) is 7.01. The second-order valence-electron chi connectivity index (χ2n) is 4.84. The molecule has 0 saturated heterocycles. The molecular weight excluding hydrogens is 354 g/mol. The van der Waals surface area contributed by atoms with Crippen LogP contribution in [0.4, 0.5) is 0 Å². The standard InChI is InChI=1S/C14H15N3O3S3/c1-2-3-13-17-11(9-21-13)7-16-23(18,19)14-6-10(8-22-14)12-4-5-15-20-12/h4-6,8-9,16H,2-3,7H2,1H3. The van der Waals surface area contributed by atoms with Gasteiger partial charge >= 0.3 is 0 Å². The van der Waals surface area contributed by atoms with E-state index in [1.807, 2.05) is 5.38 Å². The van der Waals surface area contributed by atoms with Crippen molar-refractivity contribution in [2.75, 3.05) is 0 Å². The van der Waals surface area contributed by atoms with E-state index < -0.39 is 10.0 Å². The van der Waals surface area contributed by atoms with Gasteiger partial charge in [0.05, 0.1) is 23.4 Å². The van der Waals surface area contributed by atoms with Crippen LogP contribution in [-0.2, 0) is 23.0 Å². The summed E-state index contributed by atoms with van der Waals surface area (Å²) in [7, 11) is -3.56. The lowest BCUT2D eigenvalue weighted by molar-refractivity contribution is 0.432. The van der Waals surface area contributed by atoms with E-state index in [0.717, 1.165) is 34.9 Å². The molecule has 0 aliphatic carbocycles. The topological polar surface area (TPSA) is 85.1 Å². The Morgan fingerprint density at radius 2 is 2.17 bits per heavy atom. The van der Waals surface area contributed by atoms with Crippen LogP contribution in [0.1, 0.15) is 24.0 Å². The molecule has 0 radical (unpaired) electrons. The van der Waals surface area contributed by atoms with E-state index in [4.69, 9.17) is 4.52 Å². The van der Waals surface area contributed by atoms with Gasteiger partial charge in [0.2, 0.25) is 10.0 Å². The van der Waals surface area contributed by atoms with Gasteiger partial charge in [0.25, 0.3) is 0 Å². The summed E-state index contributed by atoms with van der Waals surface area (Å²) < 4.78 is 32.6. The number of nitrogens with zero attached hydrogens (tertiary/aromatic N) is 2. The summed E-state index contributed by atoms with van der Waals surface area (Å²) >= 11 is 2.71. The van der Waals surface area contributed by atoms with Crippen LogP contribution in [0.5, 0.6) is 0 Å². The molecule has 23 heavy (non-hydrogen) atoms. The first-order chi connectivity index (χ1) is 11.1. The maximum absolute atomic E-state index is 12.3. The highest BCUT2D eigenvalue weighted by Gasteiger charge is 2.18. The highest BCUT2D eigenvalue weighted by molar-refractivity contribution is 7.91. The fourth-order valence-corrected chi connectivity index (χ4v) is 5.06. The van der Waals surface area contributed by atoms with Gasteiger partial charge in [-0.15, -0.1) is 22.7 Å². The van der Waals surface area contributed by atoms with E-state index >= 15 is 0 Å². The summed E-state index contributed by atoms with van der Waals surface area (Å²) in [5, 5.41) is 8.28. The molecule has 122 valence electrons. The fraction of sp³-hybridized carbons (Fsp3) is 0.286. The van der Waals surface area contributed by atoms with Crippen molar-refractivity contribution in [1.29, 1.82) is 0 Å². The van der Waals surface area contributed by atoms with Gasteiger partial charge in [0.1, 0.15) is 4.21 Å². The molecule has 0 amide bonds. The third kappa shape index (κ3) is 3.86. The molecule has 6 nitrogen and oxygen atoms in total. The SMILES string of the molecule is CCCc1nc(CNS(=O)(=O)c2cc(-c3ccno3)cs2)cs1. The van der Waals surface area contributed by atoms with E-state index in [-0.39, 0.29) is 10.8 Å². The number of aryl methyl sites for hydroxylation is 1. The molecule has 0 atom stereocenters. The zero-order chi connectivity index (χ0) is 16.3. The number of rotatable bonds is 7. The third-order valence-electron chi connectivity index (χ3n) is 3.07. The second-order valence-corrected chi connectivity index (χ2v) is 8.69. The normalized spacial score (nSPS) is 11.9. The molecule has 0 aliphatic rings. The number of thiazole rings is 1. The quantitative estimate of drug-likeness (QED) is 0.691. The van der Waals surface area contributed by atoms with Crippen LogP contribution < -0.4 is 4.72 Å². The molecule has 0 fully saturated rings. The average Bonchev–Trinajstić information content (AvgIpc) is 3.26. The summed E-state index contributed by atoms with van der Waals surface area (Å²) in [6, 6.07) is 3.27. The highest BCUT2D eigenvalue weighted by atomic mass is 32.2. The molecule has 3 rings (SSSR count). The van der Waals surface area contributed by atoms with Gasteiger partial charge in [-0.3, -0.25) is 0 Å². The van der Waals surface area contributed by atoms with Crippen LogP contribution in [0.2, 0.25) is 0 Å². The Morgan fingerprint density at radius 1 is 1.30 bits per heavy atom. The summed E-state index contributed by atoms with van der Waals surface area (Å²) in [6.07, 6.45) is 3.47. The minimum absolute atomic E-state index is 0.193. The van der Waals surface area contributed by atoms with Crippen molar-refractivity contribution in [3.8, 4) is 11.3 Å². The van der Waals surface area contributed by atoms with Crippen molar-refractivity contribution in [3.63, 3.8) is 0 Å². The van der Waals surface area contributed by atoms with Gasteiger partial charge in [0.15, 0.2) is 5.76 Å². The Morgan fingerprint density at radius 3 is 2.91 bits per heavy atom. The van der Waals surface area contributed by atoms with Crippen molar-refractivity contribution in [2.45, 2.75) is 30.5 Å². The van der Waals surface area contributed by atoms with Crippen molar-refractivity contribution in [2.24, 2.45) is 0 Å². The summed E-state index contributed by atoms with van der Waals surface area (Å²) in [4.78, 5) is 4.41. The Kier molecular flexibility index (Phi) is 4.90. The summed E-state index contributed by atoms with van der Waals surface area (Å²) in [6.45, 7) is 2.28. The molecule has 1 N–H and O–H groups in total. The molecule has 0 bridgehead atoms. The predicted molar refractivity (Wildman–Crippen MR) is 90.0 cm³/mol. The van der Waals surface area contributed by atoms with Crippen LogP contribution >= 0.6 is 22.7 Å². The lowest BCUT2D eigenvalue weighted by Crippen LogP contribution is -2.22. The number of hydrogen-bond acceptors (Lipinski definition) is 7. The van der Waals surface area contributed by atoms with Crippen LogP contribution in [-0.4, -0.2) is 18.6 Å². The van der Waals surface area contributed by atoms with Gasteiger partial charge in [-0.1, -0.05) is 12.1 Å². The number of sulfonamides is 1. The number of nitrogens with one attached hydrogen (secondary N) is 1. The van der Waals surface area contributed by atoms with Crippen LogP contribution in [0.3, 0.4) is 0 Å². The number of hydrogen-bond donors (Lipinski definition) is 1. The smallest absolute Gasteiger partial charge is 0.250 e. The predicted octanol–water partition coefficient (Wildman–Crippen LogP) is 3.29. The maximum atomic E-state index is 12.3. The van der Waals surface area contributed by atoms with Gasteiger partial charge < -0.3 is 4.52 Å². The molecule has 0 aliphatic heterocycles. The molecule has 0 spiro atoms.